The third-order valence-electron chi connectivity index (χ3n) is 5.22. The SMILES string of the molecule is O=S(=O)(c1ccc(N2CCN(c3ccccc3F)CC2)nc1)N1CCCC1. The van der Waals surface area contributed by atoms with Crippen LogP contribution < -0.4 is 9.80 Å². The van der Waals surface area contributed by atoms with E-state index in [2.05, 4.69) is 9.88 Å². The molecular weight excluding hydrogens is 367 g/mol. The van der Waals surface area contributed by atoms with Crippen molar-refractivity contribution in [2.75, 3.05) is 49.1 Å². The van der Waals surface area contributed by atoms with Crippen molar-refractivity contribution in [3.8, 4) is 0 Å². The van der Waals surface area contributed by atoms with Crippen molar-refractivity contribution < 1.29 is 12.8 Å². The number of aromatic nitrogens is 1. The van der Waals surface area contributed by atoms with Crippen molar-refractivity contribution >= 4 is 21.5 Å². The Labute approximate surface area is 159 Å². The molecule has 2 fully saturated rings. The number of hydrogen-bond donors (Lipinski definition) is 0. The number of sulfonamides is 1. The number of rotatable bonds is 4. The van der Waals surface area contributed by atoms with Crippen LogP contribution in [0.25, 0.3) is 0 Å². The Bertz CT molecular complexity index is 890. The average molecular weight is 390 g/mol. The van der Waals surface area contributed by atoms with Gasteiger partial charge in [-0.05, 0) is 37.1 Å². The number of hydrogen-bond acceptors (Lipinski definition) is 5. The lowest BCUT2D eigenvalue weighted by molar-refractivity contribution is 0.477. The average Bonchev–Trinajstić information content (AvgIpc) is 3.24. The second-order valence-corrected chi connectivity index (χ2v) is 8.83. The maximum atomic E-state index is 13.9. The summed E-state index contributed by atoms with van der Waals surface area (Å²) in [4.78, 5) is 8.76. The highest BCUT2D eigenvalue weighted by Gasteiger charge is 2.28. The summed E-state index contributed by atoms with van der Waals surface area (Å²) in [6, 6.07) is 10.2. The molecular formula is C19H23FN4O2S. The predicted octanol–water partition coefficient (Wildman–Crippen LogP) is 2.33. The van der Waals surface area contributed by atoms with Crippen LogP contribution in [0.5, 0.6) is 0 Å². The van der Waals surface area contributed by atoms with Gasteiger partial charge in [-0.15, -0.1) is 0 Å². The fraction of sp³-hybridized carbons (Fsp3) is 0.421. The molecule has 1 aromatic heterocycles. The van der Waals surface area contributed by atoms with E-state index in [1.54, 1.807) is 24.3 Å². The number of nitrogens with zero attached hydrogens (tertiary/aromatic N) is 4. The zero-order valence-corrected chi connectivity index (χ0v) is 15.9. The summed E-state index contributed by atoms with van der Waals surface area (Å²) < 4.78 is 40.6. The summed E-state index contributed by atoms with van der Waals surface area (Å²) in [7, 11) is -3.43. The highest BCUT2D eigenvalue weighted by Crippen LogP contribution is 2.24. The number of benzene rings is 1. The van der Waals surface area contributed by atoms with E-state index in [1.807, 2.05) is 11.0 Å². The predicted molar refractivity (Wildman–Crippen MR) is 103 cm³/mol. The van der Waals surface area contributed by atoms with Crippen LogP contribution in [-0.4, -0.2) is 57.0 Å². The molecule has 0 N–H and O–H groups in total. The largest absolute Gasteiger partial charge is 0.366 e. The fourth-order valence-electron chi connectivity index (χ4n) is 3.67. The molecule has 4 rings (SSSR count). The first-order chi connectivity index (χ1) is 13.1. The molecule has 0 bridgehead atoms. The molecule has 27 heavy (non-hydrogen) atoms. The first-order valence-electron chi connectivity index (χ1n) is 9.26. The lowest BCUT2D eigenvalue weighted by Gasteiger charge is -2.36. The molecule has 2 aliphatic rings. The number of piperazine rings is 1. The van der Waals surface area contributed by atoms with Gasteiger partial charge in [-0.2, -0.15) is 4.31 Å². The maximum Gasteiger partial charge on any atom is 0.244 e. The molecule has 2 aromatic rings. The van der Waals surface area contributed by atoms with E-state index in [4.69, 9.17) is 0 Å². The molecule has 0 radical (unpaired) electrons. The van der Waals surface area contributed by atoms with Crippen LogP contribution in [0.4, 0.5) is 15.9 Å². The van der Waals surface area contributed by atoms with Crippen LogP contribution in [0.1, 0.15) is 12.8 Å². The minimum atomic E-state index is -3.43. The van der Waals surface area contributed by atoms with Crippen LogP contribution in [0, 0.1) is 5.82 Å². The minimum Gasteiger partial charge on any atom is -0.366 e. The Hall–Kier alpha value is -2.19. The zero-order chi connectivity index (χ0) is 18.9. The summed E-state index contributed by atoms with van der Waals surface area (Å²) in [6.07, 6.45) is 3.28. The van der Waals surface area contributed by atoms with Gasteiger partial charge in [-0.25, -0.2) is 17.8 Å². The smallest absolute Gasteiger partial charge is 0.244 e. The van der Waals surface area contributed by atoms with Crippen molar-refractivity contribution in [2.24, 2.45) is 0 Å². The van der Waals surface area contributed by atoms with Crippen LogP contribution in [0.2, 0.25) is 0 Å². The molecule has 144 valence electrons. The Morgan fingerprint density at radius 2 is 1.52 bits per heavy atom. The van der Waals surface area contributed by atoms with Crippen molar-refractivity contribution in [1.29, 1.82) is 0 Å². The Kier molecular flexibility index (Phi) is 5.01. The van der Waals surface area contributed by atoms with E-state index in [0.717, 1.165) is 18.7 Å². The first kappa shape index (κ1) is 18.2. The van der Waals surface area contributed by atoms with Gasteiger partial charge in [0.1, 0.15) is 16.5 Å². The molecule has 3 heterocycles. The molecule has 2 aliphatic heterocycles. The number of halogens is 1. The van der Waals surface area contributed by atoms with E-state index in [9.17, 15) is 12.8 Å². The molecule has 0 amide bonds. The molecule has 0 saturated carbocycles. The highest BCUT2D eigenvalue weighted by atomic mass is 32.2. The van der Waals surface area contributed by atoms with Gasteiger partial charge in [-0.1, -0.05) is 12.1 Å². The molecule has 0 unspecified atom stereocenters. The lowest BCUT2D eigenvalue weighted by Crippen LogP contribution is -2.47. The van der Waals surface area contributed by atoms with Gasteiger partial charge < -0.3 is 9.80 Å². The standard InChI is InChI=1S/C19H23FN4O2S/c20-17-5-1-2-6-18(17)22-11-13-23(14-12-22)19-8-7-16(15-21-19)27(25,26)24-9-3-4-10-24/h1-2,5-8,15H,3-4,9-14H2. The molecule has 2 saturated heterocycles. The van der Waals surface area contributed by atoms with Gasteiger partial charge in [0, 0.05) is 45.5 Å². The monoisotopic (exact) mass is 390 g/mol. The molecule has 0 spiro atoms. The molecule has 8 heteroatoms. The number of pyridine rings is 1. The maximum absolute atomic E-state index is 13.9. The fourth-order valence-corrected chi connectivity index (χ4v) is 5.14. The third kappa shape index (κ3) is 3.64. The Morgan fingerprint density at radius 1 is 0.852 bits per heavy atom. The van der Waals surface area contributed by atoms with E-state index in [0.29, 0.717) is 45.0 Å². The Morgan fingerprint density at radius 3 is 2.15 bits per heavy atom. The topological polar surface area (TPSA) is 56.8 Å². The molecule has 0 aliphatic carbocycles. The molecule has 0 atom stereocenters. The van der Waals surface area contributed by atoms with Crippen LogP contribution in [0.15, 0.2) is 47.5 Å². The normalized spacial score (nSPS) is 18.9. The minimum absolute atomic E-state index is 0.208. The van der Waals surface area contributed by atoms with E-state index >= 15 is 0 Å². The second-order valence-electron chi connectivity index (χ2n) is 6.89. The molecule has 1 aromatic carbocycles. The van der Waals surface area contributed by atoms with Crippen molar-refractivity contribution in [3.05, 3.63) is 48.4 Å². The van der Waals surface area contributed by atoms with Crippen molar-refractivity contribution in [3.63, 3.8) is 0 Å². The van der Waals surface area contributed by atoms with Gasteiger partial charge in [0.05, 0.1) is 5.69 Å². The molecule has 6 nitrogen and oxygen atoms in total. The summed E-state index contributed by atoms with van der Waals surface area (Å²) in [5.74, 6) is 0.545. The van der Waals surface area contributed by atoms with E-state index < -0.39 is 10.0 Å². The summed E-state index contributed by atoms with van der Waals surface area (Å²) in [5.41, 5.74) is 0.622. The Balaban J connectivity index is 1.43. The zero-order valence-electron chi connectivity index (χ0n) is 15.1. The quantitative estimate of drug-likeness (QED) is 0.802. The van der Waals surface area contributed by atoms with Crippen LogP contribution in [0.3, 0.4) is 0 Å². The summed E-state index contributed by atoms with van der Waals surface area (Å²) >= 11 is 0. The lowest BCUT2D eigenvalue weighted by atomic mass is 10.2. The second kappa shape index (κ2) is 7.44. The van der Waals surface area contributed by atoms with Crippen LogP contribution in [-0.2, 0) is 10.0 Å². The first-order valence-corrected chi connectivity index (χ1v) is 10.7. The van der Waals surface area contributed by atoms with Gasteiger partial charge in [0.25, 0.3) is 0 Å². The number of anilines is 2. The van der Waals surface area contributed by atoms with E-state index in [-0.39, 0.29) is 10.7 Å². The van der Waals surface area contributed by atoms with Crippen molar-refractivity contribution in [2.45, 2.75) is 17.7 Å². The van der Waals surface area contributed by atoms with E-state index in [1.165, 1.54) is 16.6 Å². The van der Waals surface area contributed by atoms with Crippen LogP contribution >= 0.6 is 0 Å². The summed E-state index contributed by atoms with van der Waals surface area (Å²) in [6.45, 7) is 3.97. The van der Waals surface area contributed by atoms with Gasteiger partial charge in [-0.3, -0.25) is 0 Å². The van der Waals surface area contributed by atoms with Crippen molar-refractivity contribution in [1.82, 2.24) is 9.29 Å². The van der Waals surface area contributed by atoms with Gasteiger partial charge in [0.2, 0.25) is 10.0 Å². The summed E-state index contributed by atoms with van der Waals surface area (Å²) in [5, 5.41) is 0. The highest BCUT2D eigenvalue weighted by molar-refractivity contribution is 7.89. The third-order valence-corrected chi connectivity index (χ3v) is 7.10. The number of para-hydroxylation sites is 1. The van der Waals surface area contributed by atoms with Gasteiger partial charge in [0.15, 0.2) is 0 Å². The van der Waals surface area contributed by atoms with Gasteiger partial charge >= 0.3 is 0 Å².